The third-order valence-electron chi connectivity index (χ3n) is 7.43. The molecule has 10 heteroatoms. The number of aromatic amines is 1. The number of carbonyl (C=O) groups excluding carboxylic acids is 1. The number of nitrogens with one attached hydrogen (secondary N) is 2. The number of aliphatic imine (C=N–C) groups is 1. The van der Waals surface area contributed by atoms with Gasteiger partial charge in [0.05, 0.1) is 29.0 Å². The number of aryl methyl sites for hydroxylation is 2. The van der Waals surface area contributed by atoms with Gasteiger partial charge in [0.15, 0.2) is 0 Å². The van der Waals surface area contributed by atoms with Crippen molar-refractivity contribution in [1.82, 2.24) is 25.3 Å². The second kappa shape index (κ2) is 10.5. The maximum atomic E-state index is 15.1. The van der Waals surface area contributed by atoms with E-state index in [2.05, 4.69) is 25.3 Å². The van der Waals surface area contributed by atoms with Crippen LogP contribution in [0.25, 0.3) is 33.3 Å². The van der Waals surface area contributed by atoms with E-state index in [9.17, 15) is 4.79 Å². The molecule has 0 saturated carbocycles. The molecule has 6 rings (SSSR count). The number of amidine groups is 1. The molecule has 0 unspecified atom stereocenters. The number of para-hydroxylation sites is 1. The lowest BCUT2D eigenvalue weighted by molar-refractivity contribution is 0.0993. The number of nitrogens with two attached hydrogens (primary N) is 1. The van der Waals surface area contributed by atoms with E-state index in [1.54, 1.807) is 36.5 Å². The molecule has 5 aromatic rings. The first-order valence-electron chi connectivity index (χ1n) is 13.5. The van der Waals surface area contributed by atoms with Gasteiger partial charge >= 0.3 is 0 Å². The molecular weight excluding hydrogens is 531 g/mol. The third-order valence-corrected chi connectivity index (χ3v) is 7.43. The van der Waals surface area contributed by atoms with Crippen LogP contribution in [-0.2, 0) is 6.54 Å². The molecule has 0 saturated heterocycles. The zero-order valence-electron chi connectivity index (χ0n) is 23.7. The summed E-state index contributed by atoms with van der Waals surface area (Å²) in [6, 6.07) is 12.6. The summed E-state index contributed by atoms with van der Waals surface area (Å²) in [6.45, 7) is 5.94. The molecule has 1 amide bonds. The van der Waals surface area contributed by atoms with Crippen molar-refractivity contribution >= 4 is 34.3 Å². The van der Waals surface area contributed by atoms with Gasteiger partial charge in [0.2, 0.25) is 0 Å². The van der Waals surface area contributed by atoms with Gasteiger partial charge in [0, 0.05) is 48.0 Å². The first-order valence-corrected chi connectivity index (χ1v) is 13.5. The summed E-state index contributed by atoms with van der Waals surface area (Å²) in [7, 11) is 1.80. The highest BCUT2D eigenvalue weighted by Crippen LogP contribution is 2.40. The van der Waals surface area contributed by atoms with Crippen LogP contribution in [0, 0.1) is 19.7 Å². The van der Waals surface area contributed by atoms with Crippen molar-refractivity contribution < 1.29 is 9.18 Å². The Labute approximate surface area is 242 Å². The normalized spacial score (nSPS) is 13.6. The highest BCUT2D eigenvalue weighted by Gasteiger charge is 2.35. The topological polar surface area (TPSA) is 125 Å². The van der Waals surface area contributed by atoms with Crippen LogP contribution in [-0.4, -0.2) is 38.7 Å². The van der Waals surface area contributed by atoms with Crippen molar-refractivity contribution in [3.63, 3.8) is 0 Å². The standard InChI is InChI=1S/C32H29FN8O/c1-17-14-38-32(39-27(34)13-18(2)35-4)40-29(17)23-15-37-30-22(23)6-5-7-26(30)41-16-24-21(20-10-11-36-19(3)12-20)8-9-25(33)28(24)31(41)42/h5-15,35,37H,16H2,1-4H3,(H2,34,38,39,40)/b18-13-. The number of anilines is 1. The predicted molar refractivity (Wildman–Crippen MR) is 163 cm³/mol. The van der Waals surface area contributed by atoms with Crippen LogP contribution in [0.1, 0.15) is 34.1 Å². The number of hydrogen-bond donors (Lipinski definition) is 3. The predicted octanol–water partition coefficient (Wildman–Crippen LogP) is 5.72. The fraction of sp³-hybridized carbons (Fsp3) is 0.156. The van der Waals surface area contributed by atoms with E-state index >= 15 is 4.39 Å². The van der Waals surface area contributed by atoms with E-state index in [0.717, 1.165) is 44.5 Å². The zero-order valence-corrected chi connectivity index (χ0v) is 23.7. The lowest BCUT2D eigenvalue weighted by atomic mass is 9.97. The van der Waals surface area contributed by atoms with Gasteiger partial charge < -0.3 is 20.9 Å². The van der Waals surface area contributed by atoms with E-state index in [0.29, 0.717) is 16.9 Å². The van der Waals surface area contributed by atoms with Crippen LogP contribution in [0.2, 0.25) is 0 Å². The van der Waals surface area contributed by atoms with Crippen LogP contribution in [0.5, 0.6) is 0 Å². The third kappa shape index (κ3) is 4.66. The summed E-state index contributed by atoms with van der Waals surface area (Å²) in [4.78, 5) is 36.3. The van der Waals surface area contributed by atoms with Crippen molar-refractivity contribution in [3.05, 3.63) is 101 Å². The molecule has 42 heavy (non-hydrogen) atoms. The highest BCUT2D eigenvalue weighted by molar-refractivity contribution is 6.15. The molecule has 210 valence electrons. The number of allylic oxidation sites excluding steroid dienone is 1. The number of halogens is 1. The van der Waals surface area contributed by atoms with E-state index in [4.69, 9.17) is 10.7 Å². The summed E-state index contributed by atoms with van der Waals surface area (Å²) in [6.07, 6.45) is 6.98. The molecule has 3 aromatic heterocycles. The average molecular weight is 561 g/mol. The number of H-pyrrole nitrogens is 1. The first-order chi connectivity index (χ1) is 20.2. The van der Waals surface area contributed by atoms with Crippen molar-refractivity contribution in [1.29, 1.82) is 0 Å². The first kappa shape index (κ1) is 26.8. The summed E-state index contributed by atoms with van der Waals surface area (Å²) < 4.78 is 15.1. The van der Waals surface area contributed by atoms with Gasteiger partial charge in [0.25, 0.3) is 11.9 Å². The Morgan fingerprint density at radius 1 is 1.17 bits per heavy atom. The number of aromatic nitrogens is 4. The number of nitrogens with zero attached hydrogens (tertiary/aromatic N) is 5. The fourth-order valence-corrected chi connectivity index (χ4v) is 5.32. The second-order valence-corrected chi connectivity index (χ2v) is 10.2. The minimum Gasteiger partial charge on any atom is -0.392 e. The minimum absolute atomic E-state index is 0.0973. The van der Waals surface area contributed by atoms with Crippen LogP contribution in [0.3, 0.4) is 0 Å². The maximum Gasteiger partial charge on any atom is 0.262 e. The van der Waals surface area contributed by atoms with Crippen LogP contribution >= 0.6 is 0 Å². The molecule has 1 aliphatic heterocycles. The lowest BCUT2D eigenvalue weighted by Crippen LogP contribution is -2.23. The molecule has 0 aliphatic carbocycles. The zero-order chi connectivity index (χ0) is 29.5. The number of pyridine rings is 1. The van der Waals surface area contributed by atoms with Gasteiger partial charge in [-0.15, -0.1) is 0 Å². The van der Waals surface area contributed by atoms with Crippen LogP contribution in [0.15, 0.2) is 77.8 Å². The fourth-order valence-electron chi connectivity index (χ4n) is 5.32. The highest BCUT2D eigenvalue weighted by atomic mass is 19.1. The Hall–Kier alpha value is -5.38. The van der Waals surface area contributed by atoms with Crippen molar-refractivity contribution in [2.75, 3.05) is 11.9 Å². The Bertz CT molecular complexity index is 1940. The van der Waals surface area contributed by atoms with E-state index in [-0.39, 0.29) is 29.8 Å². The summed E-state index contributed by atoms with van der Waals surface area (Å²) >= 11 is 0. The number of rotatable bonds is 6. The van der Waals surface area contributed by atoms with Gasteiger partial charge in [-0.2, -0.15) is 4.99 Å². The average Bonchev–Trinajstić information content (AvgIpc) is 3.56. The van der Waals surface area contributed by atoms with Gasteiger partial charge in [-0.3, -0.25) is 9.78 Å². The van der Waals surface area contributed by atoms with Crippen LogP contribution in [0.4, 0.5) is 16.0 Å². The number of carbonyl (C=O) groups is 1. The Morgan fingerprint density at radius 3 is 2.79 bits per heavy atom. The van der Waals surface area contributed by atoms with Crippen molar-refractivity contribution in [2.45, 2.75) is 27.3 Å². The van der Waals surface area contributed by atoms with Crippen molar-refractivity contribution in [3.8, 4) is 22.4 Å². The smallest absolute Gasteiger partial charge is 0.262 e. The van der Waals surface area contributed by atoms with E-state index < -0.39 is 5.82 Å². The Morgan fingerprint density at radius 2 is 2.00 bits per heavy atom. The maximum absolute atomic E-state index is 15.1. The largest absolute Gasteiger partial charge is 0.392 e. The number of hydrogen-bond acceptors (Lipinski definition) is 6. The molecule has 0 atom stereocenters. The van der Waals surface area contributed by atoms with Crippen LogP contribution < -0.4 is 16.0 Å². The summed E-state index contributed by atoms with van der Waals surface area (Å²) in [5.74, 6) is -0.402. The summed E-state index contributed by atoms with van der Waals surface area (Å²) in [5, 5.41) is 3.86. The molecular formula is C32H29FN8O. The molecule has 1 aliphatic rings. The monoisotopic (exact) mass is 560 g/mol. The van der Waals surface area contributed by atoms with Crippen molar-refractivity contribution in [2.24, 2.45) is 10.7 Å². The molecule has 4 heterocycles. The van der Waals surface area contributed by atoms with E-state index in [1.165, 1.54) is 6.07 Å². The molecule has 4 N–H and O–H groups in total. The molecule has 0 fully saturated rings. The second-order valence-electron chi connectivity index (χ2n) is 10.2. The minimum atomic E-state index is -0.532. The SMILES string of the molecule is CN/C(C)=C\C(N)=N/c1ncc(C)c(-c2c[nH]c3c(N4Cc5c(-c6ccnc(C)c6)ccc(F)c5C4=O)cccc23)n1. The summed E-state index contributed by atoms with van der Waals surface area (Å²) in [5.41, 5.74) is 14.0. The molecule has 9 nitrogen and oxygen atoms in total. The van der Waals surface area contributed by atoms with E-state index in [1.807, 2.05) is 57.3 Å². The van der Waals surface area contributed by atoms with Gasteiger partial charge in [0.1, 0.15) is 11.7 Å². The lowest BCUT2D eigenvalue weighted by Gasteiger charge is -2.17. The molecule has 0 radical (unpaired) electrons. The van der Waals surface area contributed by atoms with Gasteiger partial charge in [-0.05, 0) is 73.4 Å². The Balaban J connectivity index is 1.41. The molecule has 2 aromatic carbocycles. The number of amides is 1. The van der Waals surface area contributed by atoms with Gasteiger partial charge in [-0.25, -0.2) is 14.4 Å². The quantitative estimate of drug-likeness (QED) is 0.180. The number of fused-ring (bicyclic) bond motifs is 2. The molecule has 0 bridgehead atoms. The number of benzene rings is 2. The molecule has 0 spiro atoms. The Kier molecular flexibility index (Phi) is 6.74. The van der Waals surface area contributed by atoms with Gasteiger partial charge in [-0.1, -0.05) is 18.2 Å².